The summed E-state index contributed by atoms with van der Waals surface area (Å²) in [6.07, 6.45) is 4.46. The summed E-state index contributed by atoms with van der Waals surface area (Å²) in [5.74, 6) is -0.268. The maximum atomic E-state index is 12.8. The number of anilines is 1. The second kappa shape index (κ2) is 9.80. The molecule has 1 fully saturated rings. The number of amides is 2. The Morgan fingerprint density at radius 1 is 0.964 bits per heavy atom. The van der Waals surface area contributed by atoms with Gasteiger partial charge in [-0.05, 0) is 71.3 Å². The molecule has 2 N–H and O–H groups in total. The minimum atomic E-state index is -0.304. The van der Waals surface area contributed by atoms with Crippen LogP contribution in [-0.2, 0) is 0 Å². The van der Waals surface area contributed by atoms with Crippen LogP contribution in [0.2, 0.25) is 0 Å². The number of hydrogen-bond donors (Lipinski definition) is 2. The Morgan fingerprint density at radius 2 is 1.68 bits per heavy atom. The highest BCUT2D eigenvalue weighted by Crippen LogP contribution is 2.17. The third-order valence-corrected chi connectivity index (χ3v) is 5.50. The summed E-state index contributed by atoms with van der Waals surface area (Å²) in [5, 5.41) is 5.83. The van der Waals surface area contributed by atoms with Crippen molar-refractivity contribution in [2.75, 3.05) is 18.4 Å². The van der Waals surface area contributed by atoms with E-state index in [2.05, 4.69) is 26.6 Å². The van der Waals surface area contributed by atoms with Gasteiger partial charge in [-0.15, -0.1) is 0 Å². The summed E-state index contributed by atoms with van der Waals surface area (Å²) in [6.45, 7) is 1.60. The molecule has 5 nitrogen and oxygen atoms in total. The van der Waals surface area contributed by atoms with E-state index in [-0.39, 0.29) is 16.9 Å². The van der Waals surface area contributed by atoms with Crippen LogP contribution >= 0.6 is 28.1 Å². The Kier molecular flexibility index (Phi) is 7.17. The molecule has 2 aromatic rings. The number of nitrogens with one attached hydrogen (secondary N) is 2. The first-order chi connectivity index (χ1) is 13.5. The Morgan fingerprint density at radius 3 is 2.39 bits per heavy atom. The number of hydrogen-bond acceptors (Lipinski definition) is 3. The summed E-state index contributed by atoms with van der Waals surface area (Å²) < 4.78 is 0.695. The fourth-order valence-corrected chi connectivity index (χ4v) is 3.84. The first kappa shape index (κ1) is 20.5. The highest BCUT2D eigenvalue weighted by atomic mass is 79.9. The molecule has 2 amide bonds. The van der Waals surface area contributed by atoms with Gasteiger partial charge in [0.25, 0.3) is 11.8 Å². The molecule has 28 heavy (non-hydrogen) atoms. The van der Waals surface area contributed by atoms with Gasteiger partial charge >= 0.3 is 0 Å². The van der Waals surface area contributed by atoms with Crippen LogP contribution in [0, 0.1) is 0 Å². The van der Waals surface area contributed by atoms with Crippen LogP contribution in [0.15, 0.2) is 53.0 Å². The van der Waals surface area contributed by atoms with Crippen LogP contribution in [-0.4, -0.2) is 34.9 Å². The molecule has 0 unspecified atom stereocenters. The molecule has 3 rings (SSSR count). The van der Waals surface area contributed by atoms with Crippen molar-refractivity contribution in [2.24, 2.45) is 0 Å². The summed E-state index contributed by atoms with van der Waals surface area (Å²) in [5.41, 5.74) is 1.78. The van der Waals surface area contributed by atoms with Crippen LogP contribution in [0.1, 0.15) is 46.4 Å². The third kappa shape index (κ3) is 5.39. The van der Waals surface area contributed by atoms with Crippen molar-refractivity contribution in [3.05, 3.63) is 64.1 Å². The van der Waals surface area contributed by atoms with Gasteiger partial charge in [0, 0.05) is 28.8 Å². The molecular weight excluding hydrogens is 438 g/mol. The molecule has 0 radical (unpaired) electrons. The number of halogens is 1. The number of carbonyl (C=O) groups excluding carboxylic acids is 2. The van der Waals surface area contributed by atoms with E-state index in [9.17, 15) is 9.59 Å². The van der Waals surface area contributed by atoms with Gasteiger partial charge in [0.2, 0.25) is 0 Å². The van der Waals surface area contributed by atoms with Gasteiger partial charge in [0.15, 0.2) is 5.11 Å². The van der Waals surface area contributed by atoms with Crippen molar-refractivity contribution in [1.82, 2.24) is 10.2 Å². The summed E-state index contributed by atoms with van der Waals surface area (Å²) in [7, 11) is 0. The lowest BCUT2D eigenvalue weighted by molar-refractivity contribution is 0.0761. The molecule has 0 atom stereocenters. The lowest BCUT2D eigenvalue weighted by Gasteiger charge is -2.20. The minimum Gasteiger partial charge on any atom is -0.339 e. The quantitative estimate of drug-likeness (QED) is 0.658. The lowest BCUT2D eigenvalue weighted by Crippen LogP contribution is -2.34. The van der Waals surface area contributed by atoms with E-state index in [1.54, 1.807) is 30.3 Å². The summed E-state index contributed by atoms with van der Waals surface area (Å²) >= 11 is 8.61. The van der Waals surface area contributed by atoms with Gasteiger partial charge in [-0.1, -0.05) is 31.0 Å². The molecule has 1 heterocycles. The van der Waals surface area contributed by atoms with Crippen molar-refractivity contribution in [3.63, 3.8) is 0 Å². The van der Waals surface area contributed by atoms with Crippen LogP contribution in [0.4, 0.5) is 5.69 Å². The van der Waals surface area contributed by atoms with Gasteiger partial charge in [0.1, 0.15) is 0 Å². The third-order valence-electron chi connectivity index (χ3n) is 4.61. The van der Waals surface area contributed by atoms with Crippen molar-refractivity contribution >= 4 is 50.8 Å². The molecule has 146 valence electrons. The zero-order chi connectivity index (χ0) is 19.9. The molecule has 0 bridgehead atoms. The smallest absolute Gasteiger partial charge is 0.258 e. The predicted molar refractivity (Wildman–Crippen MR) is 119 cm³/mol. The topological polar surface area (TPSA) is 61.4 Å². The molecule has 1 saturated heterocycles. The Hall–Kier alpha value is -2.25. The van der Waals surface area contributed by atoms with E-state index < -0.39 is 0 Å². The number of benzene rings is 2. The van der Waals surface area contributed by atoms with E-state index in [1.807, 2.05) is 23.1 Å². The fraction of sp³-hybridized carbons (Fsp3) is 0.286. The number of rotatable bonds is 3. The van der Waals surface area contributed by atoms with Crippen LogP contribution in [0.25, 0.3) is 0 Å². The highest BCUT2D eigenvalue weighted by molar-refractivity contribution is 9.10. The van der Waals surface area contributed by atoms with Crippen LogP contribution in [0.5, 0.6) is 0 Å². The van der Waals surface area contributed by atoms with E-state index in [0.29, 0.717) is 21.3 Å². The number of nitrogens with zero attached hydrogens (tertiary/aromatic N) is 1. The Labute approximate surface area is 178 Å². The number of thiocarbonyl (C=S) groups is 1. The molecule has 0 saturated carbocycles. The number of likely N-dealkylation sites (tertiary alicyclic amines) is 1. The second-order valence-electron chi connectivity index (χ2n) is 6.68. The number of carbonyl (C=O) groups is 2. The highest BCUT2D eigenvalue weighted by Gasteiger charge is 2.18. The maximum Gasteiger partial charge on any atom is 0.258 e. The average Bonchev–Trinajstić information content (AvgIpc) is 2.97. The maximum absolute atomic E-state index is 12.8. The first-order valence-electron chi connectivity index (χ1n) is 9.31. The van der Waals surface area contributed by atoms with Crippen molar-refractivity contribution in [1.29, 1.82) is 0 Å². The molecule has 7 heteroatoms. The van der Waals surface area contributed by atoms with Crippen LogP contribution in [0.3, 0.4) is 0 Å². The van der Waals surface area contributed by atoms with Crippen LogP contribution < -0.4 is 10.6 Å². The summed E-state index contributed by atoms with van der Waals surface area (Å²) in [6, 6.07) is 14.3. The molecule has 0 spiro atoms. The zero-order valence-electron chi connectivity index (χ0n) is 15.4. The van der Waals surface area contributed by atoms with E-state index >= 15 is 0 Å². The lowest BCUT2D eigenvalue weighted by atomic mass is 10.1. The molecule has 1 aliphatic heterocycles. The standard InChI is InChI=1S/C21H22BrN3O2S/c22-18-11-4-3-10-17(18)19(26)24-21(28)23-16-9-7-8-15(14-16)20(27)25-12-5-1-2-6-13-25/h3-4,7-11,14H,1-2,5-6,12-13H2,(H2,23,24,26,28). The van der Waals surface area contributed by atoms with Gasteiger partial charge in [0.05, 0.1) is 5.56 Å². The van der Waals surface area contributed by atoms with E-state index in [0.717, 1.165) is 25.9 Å². The Balaban J connectivity index is 1.63. The Bertz CT molecular complexity index is 879. The molecule has 1 aliphatic rings. The zero-order valence-corrected chi connectivity index (χ0v) is 17.8. The molecule has 0 aromatic heterocycles. The van der Waals surface area contributed by atoms with E-state index in [4.69, 9.17) is 12.2 Å². The minimum absolute atomic E-state index is 0.0359. The molecule has 0 aliphatic carbocycles. The fourth-order valence-electron chi connectivity index (χ4n) is 3.16. The monoisotopic (exact) mass is 459 g/mol. The summed E-state index contributed by atoms with van der Waals surface area (Å²) in [4.78, 5) is 27.0. The van der Waals surface area contributed by atoms with Gasteiger partial charge in [-0.25, -0.2) is 0 Å². The second-order valence-corrected chi connectivity index (χ2v) is 7.94. The van der Waals surface area contributed by atoms with Gasteiger partial charge in [-0.3, -0.25) is 14.9 Å². The van der Waals surface area contributed by atoms with Crippen molar-refractivity contribution < 1.29 is 9.59 Å². The van der Waals surface area contributed by atoms with Crippen molar-refractivity contribution in [3.8, 4) is 0 Å². The van der Waals surface area contributed by atoms with Gasteiger partial charge < -0.3 is 10.2 Å². The van der Waals surface area contributed by atoms with Crippen molar-refractivity contribution in [2.45, 2.75) is 25.7 Å². The predicted octanol–water partition coefficient (Wildman–Crippen LogP) is 4.59. The molecular formula is C21H22BrN3O2S. The average molecular weight is 460 g/mol. The SMILES string of the molecule is O=C(NC(=S)Nc1cccc(C(=O)N2CCCCCC2)c1)c1ccccc1Br. The molecule has 2 aromatic carbocycles. The normalized spacial score (nSPS) is 14.1. The first-order valence-corrected chi connectivity index (χ1v) is 10.5. The van der Waals surface area contributed by atoms with E-state index in [1.165, 1.54) is 12.8 Å². The largest absolute Gasteiger partial charge is 0.339 e. The van der Waals surface area contributed by atoms with Gasteiger partial charge in [-0.2, -0.15) is 0 Å².